The quantitative estimate of drug-likeness (QED) is 0.790. The average molecular weight is 280 g/mol. The third-order valence-corrected chi connectivity index (χ3v) is 3.41. The van der Waals surface area contributed by atoms with Crippen molar-refractivity contribution < 1.29 is 14.3 Å². The Bertz CT molecular complexity index is 548. The summed E-state index contributed by atoms with van der Waals surface area (Å²) in [6.07, 6.45) is 0.821. The van der Waals surface area contributed by atoms with Gasteiger partial charge in [0.25, 0.3) is 0 Å². The molecule has 0 radical (unpaired) electrons. The summed E-state index contributed by atoms with van der Waals surface area (Å²) in [5.74, 6) is 1.49. The summed E-state index contributed by atoms with van der Waals surface area (Å²) in [5.41, 5.74) is 0.732. The first-order chi connectivity index (χ1) is 9.19. The Morgan fingerprint density at radius 2 is 2.37 bits per heavy atom. The first-order valence-corrected chi connectivity index (χ1v) is 6.96. The molecule has 2 aromatic rings. The number of carbonyl (C=O) groups excluding carboxylic acids is 1. The second-order valence-corrected chi connectivity index (χ2v) is 5.02. The molecule has 0 aromatic carbocycles. The maximum absolute atomic E-state index is 11.6. The lowest BCUT2D eigenvalue weighted by Crippen LogP contribution is -2.26. The van der Waals surface area contributed by atoms with Crippen molar-refractivity contribution in [2.45, 2.75) is 19.8 Å². The number of aryl methyl sites for hydroxylation is 1. The Hall–Kier alpha value is -1.66. The van der Waals surface area contributed by atoms with E-state index in [0.717, 1.165) is 22.2 Å². The normalized spacial score (nSPS) is 10.6. The molecule has 2 heterocycles. The fourth-order valence-electron chi connectivity index (χ4n) is 1.58. The van der Waals surface area contributed by atoms with Crippen LogP contribution in [-0.4, -0.2) is 29.1 Å². The summed E-state index contributed by atoms with van der Waals surface area (Å²) >= 11 is 1.46. The van der Waals surface area contributed by atoms with E-state index in [-0.39, 0.29) is 18.9 Å². The fourth-order valence-corrected chi connectivity index (χ4v) is 2.36. The van der Waals surface area contributed by atoms with Gasteiger partial charge in [-0.15, -0.1) is 11.3 Å². The van der Waals surface area contributed by atoms with Crippen molar-refractivity contribution in [3.8, 4) is 10.8 Å². The van der Waals surface area contributed by atoms with E-state index in [1.807, 2.05) is 24.4 Å². The van der Waals surface area contributed by atoms with Crippen molar-refractivity contribution in [1.82, 2.24) is 10.3 Å². The number of amides is 1. The molecule has 19 heavy (non-hydrogen) atoms. The number of nitrogens with one attached hydrogen (secondary N) is 1. The molecular formula is C13H16N2O3S. The van der Waals surface area contributed by atoms with Crippen LogP contribution in [0.25, 0.3) is 10.8 Å². The van der Waals surface area contributed by atoms with Gasteiger partial charge in [0, 0.05) is 18.5 Å². The average Bonchev–Trinajstić information content (AvgIpc) is 2.98. The van der Waals surface area contributed by atoms with Crippen LogP contribution in [0, 0.1) is 6.92 Å². The number of carbonyl (C=O) groups is 1. The van der Waals surface area contributed by atoms with Crippen LogP contribution in [0.3, 0.4) is 0 Å². The van der Waals surface area contributed by atoms with Crippen LogP contribution in [0.4, 0.5) is 0 Å². The number of thiazole rings is 1. The van der Waals surface area contributed by atoms with Gasteiger partial charge in [0.2, 0.25) is 5.91 Å². The highest BCUT2D eigenvalue weighted by molar-refractivity contribution is 7.13. The molecule has 1 amide bonds. The van der Waals surface area contributed by atoms with Crippen molar-refractivity contribution >= 4 is 17.2 Å². The molecule has 0 spiro atoms. The monoisotopic (exact) mass is 280 g/mol. The minimum absolute atomic E-state index is 0.0823. The summed E-state index contributed by atoms with van der Waals surface area (Å²) in [6, 6.07) is 3.76. The first kappa shape index (κ1) is 13.8. The van der Waals surface area contributed by atoms with Gasteiger partial charge in [-0.2, -0.15) is 0 Å². The van der Waals surface area contributed by atoms with E-state index >= 15 is 0 Å². The van der Waals surface area contributed by atoms with Crippen LogP contribution in [-0.2, 0) is 11.2 Å². The number of rotatable bonds is 6. The smallest absolute Gasteiger partial charge is 0.226 e. The van der Waals surface area contributed by atoms with E-state index in [9.17, 15) is 4.79 Å². The van der Waals surface area contributed by atoms with Gasteiger partial charge in [-0.1, -0.05) is 0 Å². The number of furan rings is 1. The molecule has 0 saturated carbocycles. The van der Waals surface area contributed by atoms with Crippen LogP contribution in [0.15, 0.2) is 21.9 Å². The van der Waals surface area contributed by atoms with E-state index in [4.69, 9.17) is 9.52 Å². The molecule has 5 nitrogen and oxygen atoms in total. The summed E-state index contributed by atoms with van der Waals surface area (Å²) in [7, 11) is 0. The second-order valence-electron chi connectivity index (χ2n) is 4.16. The first-order valence-electron chi connectivity index (χ1n) is 6.08. The third kappa shape index (κ3) is 3.90. The SMILES string of the molecule is Cc1ccc(-c2nc(CC(=O)NCCCO)cs2)o1. The molecule has 2 rings (SSSR count). The molecule has 2 N–H and O–H groups in total. The molecule has 2 aromatic heterocycles. The number of nitrogens with zero attached hydrogens (tertiary/aromatic N) is 1. The second kappa shape index (κ2) is 6.49. The summed E-state index contributed by atoms with van der Waals surface area (Å²) in [6.45, 7) is 2.45. The molecule has 0 aliphatic heterocycles. The number of aromatic nitrogens is 1. The van der Waals surface area contributed by atoms with E-state index < -0.39 is 0 Å². The topological polar surface area (TPSA) is 75.4 Å². The van der Waals surface area contributed by atoms with Crippen molar-refractivity contribution in [2.75, 3.05) is 13.2 Å². The number of aliphatic hydroxyl groups excluding tert-OH is 1. The van der Waals surface area contributed by atoms with E-state index in [1.165, 1.54) is 11.3 Å². The molecule has 0 saturated heterocycles. The van der Waals surface area contributed by atoms with Crippen LogP contribution < -0.4 is 5.32 Å². The molecule has 0 fully saturated rings. The van der Waals surface area contributed by atoms with Gasteiger partial charge < -0.3 is 14.8 Å². The highest BCUT2D eigenvalue weighted by Crippen LogP contribution is 2.25. The zero-order valence-corrected chi connectivity index (χ0v) is 11.5. The van der Waals surface area contributed by atoms with E-state index in [1.54, 1.807) is 0 Å². The summed E-state index contributed by atoms with van der Waals surface area (Å²) < 4.78 is 5.49. The molecule has 0 aliphatic rings. The molecule has 0 bridgehead atoms. The van der Waals surface area contributed by atoms with Crippen molar-refractivity contribution in [2.24, 2.45) is 0 Å². The molecule has 6 heteroatoms. The Morgan fingerprint density at radius 1 is 1.53 bits per heavy atom. The highest BCUT2D eigenvalue weighted by atomic mass is 32.1. The molecule has 0 unspecified atom stereocenters. The predicted molar refractivity (Wildman–Crippen MR) is 73.0 cm³/mol. The van der Waals surface area contributed by atoms with Crippen molar-refractivity contribution in [1.29, 1.82) is 0 Å². The van der Waals surface area contributed by atoms with E-state index in [0.29, 0.717) is 13.0 Å². The van der Waals surface area contributed by atoms with Gasteiger partial charge in [0.05, 0.1) is 12.1 Å². The van der Waals surface area contributed by atoms with Gasteiger partial charge in [0.15, 0.2) is 10.8 Å². The Labute approximate surface area is 115 Å². The Kier molecular flexibility index (Phi) is 4.70. The third-order valence-electron chi connectivity index (χ3n) is 2.50. The zero-order chi connectivity index (χ0) is 13.7. The summed E-state index contributed by atoms with van der Waals surface area (Å²) in [4.78, 5) is 16.0. The number of aliphatic hydroxyl groups is 1. The van der Waals surface area contributed by atoms with Gasteiger partial charge in [-0.25, -0.2) is 4.98 Å². The Morgan fingerprint density at radius 3 is 3.05 bits per heavy atom. The van der Waals surface area contributed by atoms with Gasteiger partial charge in [-0.3, -0.25) is 4.79 Å². The molecule has 0 aliphatic carbocycles. The van der Waals surface area contributed by atoms with E-state index in [2.05, 4.69) is 10.3 Å². The number of hydrogen-bond donors (Lipinski definition) is 2. The van der Waals surface area contributed by atoms with Gasteiger partial charge in [-0.05, 0) is 25.5 Å². The minimum atomic E-state index is -0.0825. The molecular weight excluding hydrogens is 264 g/mol. The van der Waals surface area contributed by atoms with Crippen molar-refractivity contribution in [3.05, 3.63) is 29.0 Å². The lowest BCUT2D eigenvalue weighted by molar-refractivity contribution is -0.120. The van der Waals surface area contributed by atoms with Crippen LogP contribution >= 0.6 is 11.3 Å². The summed E-state index contributed by atoms with van der Waals surface area (Å²) in [5, 5.41) is 14.0. The molecule has 0 atom stereocenters. The van der Waals surface area contributed by atoms with Gasteiger partial charge >= 0.3 is 0 Å². The van der Waals surface area contributed by atoms with Crippen LogP contribution in [0.5, 0.6) is 0 Å². The Balaban J connectivity index is 1.92. The maximum Gasteiger partial charge on any atom is 0.226 e. The van der Waals surface area contributed by atoms with Gasteiger partial charge in [0.1, 0.15) is 5.76 Å². The molecule has 102 valence electrons. The highest BCUT2D eigenvalue weighted by Gasteiger charge is 2.10. The largest absolute Gasteiger partial charge is 0.459 e. The predicted octanol–water partition coefficient (Wildman–Crippen LogP) is 1.75. The lowest BCUT2D eigenvalue weighted by Gasteiger charge is -2.01. The lowest BCUT2D eigenvalue weighted by atomic mass is 10.3. The maximum atomic E-state index is 11.6. The van der Waals surface area contributed by atoms with Crippen LogP contribution in [0.1, 0.15) is 17.9 Å². The fraction of sp³-hybridized carbons (Fsp3) is 0.385. The standard InChI is InChI=1S/C13H16N2O3S/c1-9-3-4-11(18-9)13-15-10(8-19-13)7-12(17)14-5-2-6-16/h3-4,8,16H,2,5-7H2,1H3,(H,14,17). The number of hydrogen-bond acceptors (Lipinski definition) is 5. The van der Waals surface area contributed by atoms with Crippen LogP contribution in [0.2, 0.25) is 0 Å². The zero-order valence-electron chi connectivity index (χ0n) is 10.7. The van der Waals surface area contributed by atoms with Crippen molar-refractivity contribution in [3.63, 3.8) is 0 Å². The minimum Gasteiger partial charge on any atom is -0.459 e.